The van der Waals surface area contributed by atoms with Crippen molar-refractivity contribution >= 4 is 17.6 Å². The molecule has 0 aromatic carbocycles. The van der Waals surface area contributed by atoms with Gasteiger partial charge in [0.2, 0.25) is 5.95 Å². The molecule has 0 atom stereocenters. The highest BCUT2D eigenvalue weighted by Crippen LogP contribution is 2.21. The number of rotatable bonds is 6. The first-order valence-electron chi connectivity index (χ1n) is 7.04. The number of anilines is 3. The first-order chi connectivity index (χ1) is 9.61. The van der Waals surface area contributed by atoms with E-state index in [-0.39, 0.29) is 5.95 Å². The molecule has 20 heavy (non-hydrogen) atoms. The number of hydrogen-bond donors (Lipinski definition) is 4. The zero-order valence-electron chi connectivity index (χ0n) is 11.9. The molecule has 1 fully saturated rings. The summed E-state index contributed by atoms with van der Waals surface area (Å²) in [6.07, 6.45) is 2.26. The molecule has 7 nitrogen and oxygen atoms in total. The molecule has 7 heteroatoms. The summed E-state index contributed by atoms with van der Waals surface area (Å²) >= 11 is 0. The molecule has 0 bridgehead atoms. The van der Waals surface area contributed by atoms with Crippen molar-refractivity contribution < 1.29 is 9.84 Å². The van der Waals surface area contributed by atoms with Crippen molar-refractivity contribution in [2.24, 2.45) is 0 Å². The van der Waals surface area contributed by atoms with Crippen molar-refractivity contribution in [2.75, 3.05) is 42.7 Å². The number of aliphatic hydroxyl groups is 1. The Hall–Kier alpha value is -1.60. The van der Waals surface area contributed by atoms with Crippen molar-refractivity contribution in [1.29, 1.82) is 0 Å². The molecule has 0 spiro atoms. The van der Waals surface area contributed by atoms with E-state index in [1.807, 2.05) is 0 Å². The van der Waals surface area contributed by atoms with Crippen LogP contribution in [0.25, 0.3) is 0 Å². The minimum absolute atomic E-state index is 0.215. The van der Waals surface area contributed by atoms with E-state index in [4.69, 9.17) is 10.5 Å². The van der Waals surface area contributed by atoms with Crippen LogP contribution in [0.5, 0.6) is 0 Å². The fourth-order valence-electron chi connectivity index (χ4n) is 2.08. The number of nitrogen functional groups attached to an aromatic ring is 1. The summed E-state index contributed by atoms with van der Waals surface area (Å²) in [4.78, 5) is 8.25. The van der Waals surface area contributed by atoms with E-state index in [1.54, 1.807) is 6.07 Å². The van der Waals surface area contributed by atoms with Gasteiger partial charge in [0.1, 0.15) is 11.6 Å². The van der Waals surface area contributed by atoms with Crippen molar-refractivity contribution in [2.45, 2.75) is 31.8 Å². The van der Waals surface area contributed by atoms with Gasteiger partial charge in [0.15, 0.2) is 0 Å². The number of ether oxygens (including phenoxy) is 1. The Kier molecular flexibility index (Phi) is 4.97. The van der Waals surface area contributed by atoms with Crippen LogP contribution >= 0.6 is 0 Å². The molecule has 2 heterocycles. The summed E-state index contributed by atoms with van der Waals surface area (Å²) in [5.74, 6) is 1.53. The van der Waals surface area contributed by atoms with Crippen LogP contribution in [0.3, 0.4) is 0 Å². The van der Waals surface area contributed by atoms with E-state index in [0.29, 0.717) is 44.2 Å². The zero-order chi connectivity index (χ0) is 14.4. The van der Waals surface area contributed by atoms with Gasteiger partial charge in [-0.3, -0.25) is 0 Å². The Morgan fingerprint density at radius 3 is 2.60 bits per heavy atom. The van der Waals surface area contributed by atoms with E-state index in [1.165, 1.54) is 0 Å². The summed E-state index contributed by atoms with van der Waals surface area (Å²) in [5, 5.41) is 16.7. The summed E-state index contributed by atoms with van der Waals surface area (Å²) < 4.78 is 5.26. The highest BCUT2D eigenvalue weighted by molar-refractivity contribution is 5.51. The SMILES string of the molecule is CCCNc1cc(NCC2(O)CCOCC2)nc(N)n1. The molecule has 112 valence electrons. The fourth-order valence-corrected chi connectivity index (χ4v) is 2.08. The van der Waals surface area contributed by atoms with Crippen LogP contribution < -0.4 is 16.4 Å². The van der Waals surface area contributed by atoms with Gasteiger partial charge in [-0.2, -0.15) is 9.97 Å². The quantitative estimate of drug-likeness (QED) is 0.612. The molecule has 2 rings (SSSR count). The monoisotopic (exact) mass is 281 g/mol. The molecule has 0 amide bonds. The highest BCUT2D eigenvalue weighted by Gasteiger charge is 2.29. The third-order valence-corrected chi connectivity index (χ3v) is 3.32. The van der Waals surface area contributed by atoms with Gasteiger partial charge in [0.25, 0.3) is 0 Å². The molecule has 0 saturated carbocycles. The molecule has 1 aliphatic heterocycles. The largest absolute Gasteiger partial charge is 0.388 e. The predicted octanol–water partition coefficient (Wildman–Crippen LogP) is 0.834. The van der Waals surface area contributed by atoms with Crippen molar-refractivity contribution in [1.82, 2.24) is 9.97 Å². The molecule has 1 aromatic rings. The number of hydrogen-bond acceptors (Lipinski definition) is 7. The molecular weight excluding hydrogens is 258 g/mol. The molecule has 0 unspecified atom stereocenters. The van der Waals surface area contributed by atoms with Gasteiger partial charge in [0.05, 0.1) is 5.60 Å². The first kappa shape index (κ1) is 14.8. The van der Waals surface area contributed by atoms with Gasteiger partial charge in [-0.1, -0.05) is 6.92 Å². The molecule has 5 N–H and O–H groups in total. The Morgan fingerprint density at radius 1 is 1.30 bits per heavy atom. The Bertz CT molecular complexity index is 435. The molecule has 1 aliphatic rings. The van der Waals surface area contributed by atoms with Gasteiger partial charge in [-0.15, -0.1) is 0 Å². The molecular formula is C13H23N5O2. The Labute approximate surface area is 118 Å². The summed E-state index contributed by atoms with van der Waals surface area (Å²) in [7, 11) is 0. The van der Waals surface area contributed by atoms with Gasteiger partial charge >= 0.3 is 0 Å². The van der Waals surface area contributed by atoms with E-state index in [9.17, 15) is 5.11 Å². The third kappa shape index (κ3) is 4.21. The maximum absolute atomic E-state index is 10.4. The third-order valence-electron chi connectivity index (χ3n) is 3.32. The second kappa shape index (κ2) is 6.71. The van der Waals surface area contributed by atoms with E-state index in [2.05, 4.69) is 27.5 Å². The maximum atomic E-state index is 10.4. The molecule has 0 aliphatic carbocycles. The lowest BCUT2D eigenvalue weighted by Gasteiger charge is -2.32. The molecule has 0 radical (unpaired) electrons. The van der Waals surface area contributed by atoms with Crippen LogP contribution in [0, 0.1) is 0 Å². The minimum Gasteiger partial charge on any atom is -0.388 e. The molecule has 1 aromatic heterocycles. The van der Waals surface area contributed by atoms with E-state index < -0.39 is 5.60 Å². The zero-order valence-corrected chi connectivity index (χ0v) is 11.9. The lowest BCUT2D eigenvalue weighted by molar-refractivity contribution is -0.0543. The van der Waals surface area contributed by atoms with E-state index >= 15 is 0 Å². The number of aromatic nitrogens is 2. The smallest absolute Gasteiger partial charge is 0.223 e. The second-order valence-electron chi connectivity index (χ2n) is 5.11. The predicted molar refractivity (Wildman–Crippen MR) is 78.7 cm³/mol. The Morgan fingerprint density at radius 2 is 1.95 bits per heavy atom. The van der Waals surface area contributed by atoms with Crippen molar-refractivity contribution in [3.05, 3.63) is 6.07 Å². The summed E-state index contributed by atoms with van der Waals surface area (Å²) in [6, 6.07) is 1.80. The summed E-state index contributed by atoms with van der Waals surface area (Å²) in [5.41, 5.74) is 4.95. The first-order valence-corrected chi connectivity index (χ1v) is 7.04. The maximum Gasteiger partial charge on any atom is 0.223 e. The average Bonchev–Trinajstić information content (AvgIpc) is 2.43. The average molecular weight is 281 g/mol. The topological polar surface area (TPSA) is 105 Å². The van der Waals surface area contributed by atoms with Gasteiger partial charge < -0.3 is 26.2 Å². The van der Waals surface area contributed by atoms with Crippen LogP contribution in [0.1, 0.15) is 26.2 Å². The lowest BCUT2D eigenvalue weighted by atomic mass is 9.94. The van der Waals surface area contributed by atoms with Crippen LogP contribution in [0.15, 0.2) is 6.07 Å². The summed E-state index contributed by atoms with van der Waals surface area (Å²) in [6.45, 7) is 4.52. The van der Waals surface area contributed by atoms with E-state index in [0.717, 1.165) is 13.0 Å². The van der Waals surface area contributed by atoms with Gasteiger partial charge in [-0.25, -0.2) is 0 Å². The van der Waals surface area contributed by atoms with Crippen molar-refractivity contribution in [3.8, 4) is 0 Å². The number of nitrogens with two attached hydrogens (primary N) is 1. The number of nitrogens with zero attached hydrogens (tertiary/aromatic N) is 2. The van der Waals surface area contributed by atoms with Crippen LogP contribution in [0.2, 0.25) is 0 Å². The molecule has 1 saturated heterocycles. The fraction of sp³-hybridized carbons (Fsp3) is 0.692. The van der Waals surface area contributed by atoms with Gasteiger partial charge in [0, 0.05) is 45.2 Å². The lowest BCUT2D eigenvalue weighted by Crippen LogP contribution is -2.42. The van der Waals surface area contributed by atoms with Crippen LogP contribution in [0.4, 0.5) is 17.6 Å². The number of nitrogens with one attached hydrogen (secondary N) is 2. The van der Waals surface area contributed by atoms with Gasteiger partial charge in [-0.05, 0) is 6.42 Å². The normalized spacial score (nSPS) is 17.7. The standard InChI is InChI=1S/C13H23N5O2/c1-2-5-15-10-8-11(18-12(14)17-10)16-9-13(19)3-6-20-7-4-13/h8,19H,2-7,9H2,1H3,(H4,14,15,16,17,18). The van der Waals surface area contributed by atoms with Crippen LogP contribution in [-0.2, 0) is 4.74 Å². The Balaban J connectivity index is 1.96. The second-order valence-corrected chi connectivity index (χ2v) is 5.11. The van der Waals surface area contributed by atoms with Crippen LogP contribution in [-0.4, -0.2) is 47.0 Å². The van der Waals surface area contributed by atoms with Crippen molar-refractivity contribution in [3.63, 3.8) is 0 Å². The highest BCUT2D eigenvalue weighted by atomic mass is 16.5. The minimum atomic E-state index is -0.741.